The summed E-state index contributed by atoms with van der Waals surface area (Å²) >= 11 is 4.10. The molecule has 1 N–H and O–H groups in total. The summed E-state index contributed by atoms with van der Waals surface area (Å²) in [5.41, 5.74) is 0. The van der Waals surface area contributed by atoms with Gasteiger partial charge >= 0.3 is 11.9 Å². The normalized spacial score (nSPS) is 16.0. The third-order valence-corrected chi connectivity index (χ3v) is 3.30. The lowest BCUT2D eigenvalue weighted by Gasteiger charge is -2.14. The molecule has 0 fully saturated rings. The predicted molar refractivity (Wildman–Crippen MR) is 69.2 cm³/mol. The highest BCUT2D eigenvalue weighted by atomic mass is 32.1. The lowest BCUT2D eigenvalue weighted by Crippen LogP contribution is -2.20. The van der Waals surface area contributed by atoms with Crippen LogP contribution in [0, 0.1) is 17.8 Å². The van der Waals surface area contributed by atoms with E-state index in [4.69, 9.17) is 9.84 Å². The van der Waals surface area contributed by atoms with E-state index in [1.165, 1.54) is 0 Å². The second-order valence-corrected chi connectivity index (χ2v) is 5.00. The Balaban J connectivity index is 3.86. The minimum absolute atomic E-state index is 0.243. The smallest absolute Gasteiger partial charge is 0.308 e. The van der Waals surface area contributed by atoms with Crippen molar-refractivity contribution in [2.75, 3.05) is 12.4 Å². The van der Waals surface area contributed by atoms with E-state index in [0.29, 0.717) is 25.2 Å². The fourth-order valence-electron chi connectivity index (χ4n) is 1.16. The van der Waals surface area contributed by atoms with Crippen LogP contribution in [0.2, 0.25) is 0 Å². The summed E-state index contributed by atoms with van der Waals surface area (Å²) in [7, 11) is 0. The number of carbonyl (C=O) groups excluding carboxylic acids is 1. The van der Waals surface area contributed by atoms with E-state index >= 15 is 0 Å². The van der Waals surface area contributed by atoms with E-state index in [9.17, 15) is 9.59 Å². The lowest BCUT2D eigenvalue weighted by atomic mass is 9.98. The molecule has 0 radical (unpaired) electrons. The number of thiol groups is 1. The van der Waals surface area contributed by atoms with Gasteiger partial charge in [-0.1, -0.05) is 20.8 Å². The van der Waals surface area contributed by atoms with Crippen molar-refractivity contribution in [1.29, 1.82) is 0 Å². The molecule has 5 heteroatoms. The van der Waals surface area contributed by atoms with Crippen molar-refractivity contribution in [2.45, 2.75) is 33.6 Å². The highest BCUT2D eigenvalue weighted by Gasteiger charge is 2.18. The third-order valence-electron chi connectivity index (χ3n) is 2.68. The number of hydrogen-bond donors (Lipinski definition) is 2. The molecule has 100 valence electrons. The van der Waals surface area contributed by atoms with Gasteiger partial charge in [0.25, 0.3) is 0 Å². The molecule has 0 heterocycles. The van der Waals surface area contributed by atoms with Crippen molar-refractivity contribution >= 4 is 24.6 Å². The Bertz CT molecular complexity index is 255. The fourth-order valence-corrected chi connectivity index (χ4v) is 1.27. The second kappa shape index (κ2) is 8.39. The van der Waals surface area contributed by atoms with E-state index in [2.05, 4.69) is 12.6 Å². The molecule has 0 aliphatic carbocycles. The molecule has 17 heavy (non-hydrogen) atoms. The summed E-state index contributed by atoms with van der Waals surface area (Å²) in [5, 5.41) is 8.72. The van der Waals surface area contributed by atoms with Crippen molar-refractivity contribution in [3.63, 3.8) is 0 Å². The Hall–Kier alpha value is -0.710. The molecule has 3 atom stereocenters. The summed E-state index contributed by atoms with van der Waals surface area (Å²) < 4.78 is 5.11. The first-order valence-electron chi connectivity index (χ1n) is 5.88. The van der Waals surface area contributed by atoms with Crippen molar-refractivity contribution < 1.29 is 19.4 Å². The maximum atomic E-state index is 11.6. The van der Waals surface area contributed by atoms with Gasteiger partial charge in [-0.3, -0.25) is 9.59 Å². The summed E-state index contributed by atoms with van der Waals surface area (Å²) in [6.45, 7) is 5.74. The second-order valence-electron chi connectivity index (χ2n) is 4.64. The minimum Gasteiger partial charge on any atom is -0.481 e. The first-order valence-corrected chi connectivity index (χ1v) is 6.52. The molecule has 0 aromatic heterocycles. The maximum Gasteiger partial charge on any atom is 0.308 e. The van der Waals surface area contributed by atoms with Crippen LogP contribution in [0.4, 0.5) is 0 Å². The van der Waals surface area contributed by atoms with Gasteiger partial charge in [-0.2, -0.15) is 12.6 Å². The monoisotopic (exact) mass is 262 g/mol. The van der Waals surface area contributed by atoms with E-state index in [1.807, 2.05) is 6.92 Å². The zero-order chi connectivity index (χ0) is 13.4. The van der Waals surface area contributed by atoms with E-state index in [0.717, 1.165) is 0 Å². The van der Waals surface area contributed by atoms with Gasteiger partial charge in [0.15, 0.2) is 0 Å². The Morgan fingerprint density at radius 1 is 1.18 bits per heavy atom. The predicted octanol–water partition coefficient (Wildman–Crippen LogP) is 2.23. The van der Waals surface area contributed by atoms with E-state index < -0.39 is 11.9 Å². The van der Waals surface area contributed by atoms with Gasteiger partial charge in [0, 0.05) is 0 Å². The van der Waals surface area contributed by atoms with Crippen LogP contribution in [0.3, 0.4) is 0 Å². The Morgan fingerprint density at radius 2 is 1.71 bits per heavy atom. The van der Waals surface area contributed by atoms with E-state index in [-0.39, 0.29) is 17.8 Å². The number of carbonyl (C=O) groups is 2. The zero-order valence-corrected chi connectivity index (χ0v) is 11.6. The van der Waals surface area contributed by atoms with Crippen molar-refractivity contribution in [1.82, 2.24) is 0 Å². The summed E-state index contributed by atoms with van der Waals surface area (Å²) in [5.74, 6) is -0.819. The number of hydrogen-bond acceptors (Lipinski definition) is 4. The topological polar surface area (TPSA) is 63.6 Å². The average Bonchev–Trinajstić information content (AvgIpc) is 2.31. The summed E-state index contributed by atoms with van der Waals surface area (Å²) in [6.07, 6.45) is 1.04. The molecular formula is C12H22O4S. The molecule has 0 spiro atoms. The van der Waals surface area contributed by atoms with Crippen LogP contribution < -0.4 is 0 Å². The molecule has 0 rings (SSSR count). The van der Waals surface area contributed by atoms with Crippen LogP contribution in [0.25, 0.3) is 0 Å². The molecule has 0 aliphatic rings. The largest absolute Gasteiger partial charge is 0.481 e. The van der Waals surface area contributed by atoms with Gasteiger partial charge in [0.2, 0.25) is 0 Å². The highest BCUT2D eigenvalue weighted by molar-refractivity contribution is 7.80. The molecule has 0 saturated heterocycles. The van der Waals surface area contributed by atoms with Crippen LogP contribution in [-0.4, -0.2) is 29.4 Å². The standard InChI is InChI=1S/C12H22O4S/c1-8(7-17)6-16-12(15)10(3)5-4-9(2)11(13)14/h8-10,17H,4-7H2,1-3H3,(H,13,14). The van der Waals surface area contributed by atoms with Gasteiger partial charge in [0.1, 0.15) is 0 Å². The molecule has 0 bridgehead atoms. The molecule has 0 saturated carbocycles. The van der Waals surface area contributed by atoms with Gasteiger partial charge in [0.05, 0.1) is 18.4 Å². The maximum absolute atomic E-state index is 11.6. The van der Waals surface area contributed by atoms with Crippen LogP contribution in [0.1, 0.15) is 33.6 Å². The average molecular weight is 262 g/mol. The Labute approximate surface area is 108 Å². The minimum atomic E-state index is -0.825. The summed E-state index contributed by atoms with van der Waals surface area (Å²) in [6, 6.07) is 0. The third kappa shape index (κ3) is 7.26. The summed E-state index contributed by atoms with van der Waals surface area (Å²) in [4.78, 5) is 22.2. The molecular weight excluding hydrogens is 240 g/mol. The zero-order valence-electron chi connectivity index (χ0n) is 10.7. The Kier molecular flexibility index (Phi) is 8.04. The number of rotatable bonds is 8. The SMILES string of the molecule is CC(CS)COC(=O)C(C)CCC(C)C(=O)O. The van der Waals surface area contributed by atoms with Gasteiger partial charge in [-0.25, -0.2) is 0 Å². The number of esters is 1. The number of carboxylic acid groups (broad SMARTS) is 1. The van der Waals surface area contributed by atoms with Crippen LogP contribution in [0.5, 0.6) is 0 Å². The highest BCUT2D eigenvalue weighted by Crippen LogP contribution is 2.14. The van der Waals surface area contributed by atoms with Crippen molar-refractivity contribution in [3.05, 3.63) is 0 Å². The van der Waals surface area contributed by atoms with Gasteiger partial charge in [-0.05, 0) is 24.5 Å². The lowest BCUT2D eigenvalue weighted by molar-refractivity contribution is -0.150. The van der Waals surface area contributed by atoms with Crippen LogP contribution in [-0.2, 0) is 14.3 Å². The van der Waals surface area contributed by atoms with Gasteiger partial charge < -0.3 is 9.84 Å². The van der Waals surface area contributed by atoms with Crippen LogP contribution >= 0.6 is 12.6 Å². The first kappa shape index (κ1) is 16.3. The molecule has 0 aliphatic heterocycles. The molecule has 4 nitrogen and oxygen atoms in total. The Morgan fingerprint density at radius 3 is 2.18 bits per heavy atom. The van der Waals surface area contributed by atoms with Crippen LogP contribution in [0.15, 0.2) is 0 Å². The molecule has 0 aromatic carbocycles. The van der Waals surface area contributed by atoms with E-state index in [1.54, 1.807) is 13.8 Å². The quantitative estimate of drug-likeness (QED) is 0.520. The first-order chi connectivity index (χ1) is 7.88. The molecule has 0 aromatic rings. The molecule has 3 unspecified atom stereocenters. The fraction of sp³-hybridized carbons (Fsp3) is 0.833. The van der Waals surface area contributed by atoms with Crippen molar-refractivity contribution in [2.24, 2.45) is 17.8 Å². The van der Waals surface area contributed by atoms with Gasteiger partial charge in [-0.15, -0.1) is 0 Å². The number of aliphatic carboxylic acids is 1. The van der Waals surface area contributed by atoms with Crippen molar-refractivity contribution in [3.8, 4) is 0 Å². The number of ether oxygens (including phenoxy) is 1. The molecule has 0 amide bonds. The number of carboxylic acids is 1.